The van der Waals surface area contributed by atoms with Gasteiger partial charge in [-0.15, -0.1) is 6.58 Å². The minimum atomic E-state index is 0.534. The van der Waals surface area contributed by atoms with Crippen LogP contribution in [-0.2, 0) is 6.42 Å². The molecule has 1 unspecified atom stereocenters. The molecule has 1 N–H and O–H groups in total. The van der Waals surface area contributed by atoms with Crippen LogP contribution in [0.4, 0.5) is 0 Å². The molecule has 2 rings (SSSR count). The first kappa shape index (κ1) is 16.1. The second-order valence-electron chi connectivity index (χ2n) is 5.85. The third kappa shape index (κ3) is 4.89. The van der Waals surface area contributed by atoms with Crippen LogP contribution in [0.15, 0.2) is 30.9 Å². The van der Waals surface area contributed by atoms with Crippen molar-refractivity contribution in [2.24, 2.45) is 0 Å². The Labute approximate surface area is 129 Å². The Morgan fingerprint density at radius 3 is 3.05 bits per heavy atom. The molecule has 1 aromatic rings. The van der Waals surface area contributed by atoms with Gasteiger partial charge in [-0.1, -0.05) is 19.1 Å². The average molecular weight is 287 g/mol. The molecule has 1 atom stereocenters. The Morgan fingerprint density at radius 1 is 1.33 bits per heavy atom. The number of allylic oxidation sites excluding steroid dienone is 1. The molecule has 21 heavy (non-hydrogen) atoms. The molecule has 0 aliphatic heterocycles. The first-order chi connectivity index (χ1) is 10.3. The van der Waals surface area contributed by atoms with E-state index in [1.54, 1.807) is 0 Å². The molecule has 1 aliphatic carbocycles. The number of nitrogens with one attached hydrogen (secondary N) is 1. The fourth-order valence-corrected chi connectivity index (χ4v) is 3.10. The minimum Gasteiger partial charge on any atom is -0.494 e. The molecular weight excluding hydrogens is 258 g/mol. The summed E-state index contributed by atoms with van der Waals surface area (Å²) in [5, 5.41) is 3.58. The summed E-state index contributed by atoms with van der Waals surface area (Å²) in [5.74, 6) is 1.04. The summed E-state index contributed by atoms with van der Waals surface area (Å²) in [5.41, 5.74) is 2.94. The van der Waals surface area contributed by atoms with Crippen molar-refractivity contribution in [3.63, 3.8) is 0 Å². The summed E-state index contributed by atoms with van der Waals surface area (Å²) in [6.07, 6.45) is 10.4. The van der Waals surface area contributed by atoms with Crippen LogP contribution in [0.25, 0.3) is 0 Å². The minimum absolute atomic E-state index is 0.534. The number of hydrogen-bond donors (Lipinski definition) is 1. The molecule has 0 fully saturated rings. The highest BCUT2D eigenvalue weighted by Gasteiger charge is 2.19. The maximum absolute atomic E-state index is 5.90. The number of benzene rings is 1. The summed E-state index contributed by atoms with van der Waals surface area (Å²) >= 11 is 0. The van der Waals surface area contributed by atoms with Gasteiger partial charge in [-0.25, -0.2) is 0 Å². The Bertz CT molecular complexity index is 441. The van der Waals surface area contributed by atoms with E-state index in [1.807, 2.05) is 6.08 Å². The van der Waals surface area contributed by atoms with Gasteiger partial charge in [0.1, 0.15) is 5.75 Å². The Hall–Kier alpha value is -1.28. The topological polar surface area (TPSA) is 21.3 Å². The zero-order valence-corrected chi connectivity index (χ0v) is 13.4. The lowest BCUT2D eigenvalue weighted by atomic mass is 9.87. The lowest BCUT2D eigenvalue weighted by molar-refractivity contribution is 0.304. The summed E-state index contributed by atoms with van der Waals surface area (Å²) in [7, 11) is 0. The van der Waals surface area contributed by atoms with Gasteiger partial charge in [0.25, 0.3) is 0 Å². The predicted octanol–water partition coefficient (Wildman–Crippen LogP) is 4.80. The Kier molecular flexibility index (Phi) is 6.81. The monoisotopic (exact) mass is 287 g/mol. The van der Waals surface area contributed by atoms with Gasteiger partial charge in [0, 0.05) is 6.04 Å². The van der Waals surface area contributed by atoms with Crippen molar-refractivity contribution < 1.29 is 4.74 Å². The quantitative estimate of drug-likeness (QED) is 0.520. The lowest BCUT2D eigenvalue weighted by Crippen LogP contribution is -2.24. The van der Waals surface area contributed by atoms with E-state index in [4.69, 9.17) is 4.74 Å². The van der Waals surface area contributed by atoms with Gasteiger partial charge >= 0.3 is 0 Å². The number of fused-ring (bicyclic) bond motifs is 1. The van der Waals surface area contributed by atoms with Crippen LogP contribution in [-0.4, -0.2) is 13.2 Å². The van der Waals surface area contributed by atoms with E-state index in [2.05, 4.69) is 37.0 Å². The highest BCUT2D eigenvalue weighted by atomic mass is 16.5. The highest BCUT2D eigenvalue weighted by molar-refractivity contribution is 5.39. The van der Waals surface area contributed by atoms with Gasteiger partial charge in [-0.3, -0.25) is 0 Å². The highest BCUT2D eigenvalue weighted by Crippen LogP contribution is 2.32. The van der Waals surface area contributed by atoms with Crippen LogP contribution >= 0.6 is 0 Å². The zero-order chi connectivity index (χ0) is 14.9. The van der Waals surface area contributed by atoms with Crippen molar-refractivity contribution in [3.8, 4) is 5.75 Å². The van der Waals surface area contributed by atoms with Gasteiger partial charge in [0.2, 0.25) is 0 Å². The molecule has 0 spiro atoms. The fraction of sp³-hybridized carbons (Fsp3) is 0.579. The third-order valence-electron chi connectivity index (χ3n) is 4.20. The van der Waals surface area contributed by atoms with E-state index in [1.165, 1.54) is 43.2 Å². The molecule has 1 aliphatic rings. The molecule has 116 valence electrons. The largest absolute Gasteiger partial charge is 0.494 e. The summed E-state index contributed by atoms with van der Waals surface area (Å²) in [6, 6.07) is 7.18. The maximum Gasteiger partial charge on any atom is 0.119 e. The van der Waals surface area contributed by atoms with E-state index in [0.29, 0.717) is 6.04 Å². The second-order valence-corrected chi connectivity index (χ2v) is 5.85. The number of ether oxygens (including phenoxy) is 1. The van der Waals surface area contributed by atoms with Crippen molar-refractivity contribution in [1.29, 1.82) is 0 Å². The molecule has 0 bridgehead atoms. The van der Waals surface area contributed by atoms with E-state index < -0.39 is 0 Å². The fourth-order valence-electron chi connectivity index (χ4n) is 3.10. The van der Waals surface area contributed by atoms with Crippen LogP contribution in [0.2, 0.25) is 0 Å². The normalized spacial score (nSPS) is 17.3. The molecule has 0 radical (unpaired) electrons. The molecular formula is C19H29NO. The van der Waals surface area contributed by atoms with Crippen LogP contribution in [0.3, 0.4) is 0 Å². The van der Waals surface area contributed by atoms with E-state index in [-0.39, 0.29) is 0 Å². The molecule has 0 aromatic heterocycles. The Balaban J connectivity index is 1.84. The van der Waals surface area contributed by atoms with Crippen LogP contribution < -0.4 is 10.1 Å². The van der Waals surface area contributed by atoms with Gasteiger partial charge < -0.3 is 10.1 Å². The first-order valence-corrected chi connectivity index (χ1v) is 8.45. The smallest absolute Gasteiger partial charge is 0.119 e. The van der Waals surface area contributed by atoms with Gasteiger partial charge in [-0.2, -0.15) is 0 Å². The molecule has 0 heterocycles. The molecule has 0 saturated heterocycles. The third-order valence-corrected chi connectivity index (χ3v) is 4.20. The number of aryl methyl sites for hydroxylation is 1. The molecule has 1 aromatic carbocycles. The summed E-state index contributed by atoms with van der Waals surface area (Å²) in [6.45, 7) is 7.79. The Morgan fingerprint density at radius 2 is 2.24 bits per heavy atom. The van der Waals surface area contributed by atoms with E-state index in [9.17, 15) is 0 Å². The summed E-state index contributed by atoms with van der Waals surface area (Å²) < 4.78 is 5.90. The van der Waals surface area contributed by atoms with Crippen molar-refractivity contribution in [3.05, 3.63) is 42.0 Å². The summed E-state index contributed by atoms with van der Waals surface area (Å²) in [4.78, 5) is 0. The van der Waals surface area contributed by atoms with Crippen LogP contribution in [0.5, 0.6) is 5.75 Å². The standard InChI is InChI=1S/C19H29NO/c1-3-5-6-7-8-14-21-17-12-13-18-16(15-17)10-9-11-19(18)20-4-2/h3,12-13,15,19-20H,1,4-11,14H2,2H3. The van der Waals surface area contributed by atoms with Gasteiger partial charge in [-0.05, 0) is 74.8 Å². The first-order valence-electron chi connectivity index (χ1n) is 8.45. The van der Waals surface area contributed by atoms with E-state index >= 15 is 0 Å². The molecule has 0 saturated carbocycles. The average Bonchev–Trinajstić information content (AvgIpc) is 2.51. The van der Waals surface area contributed by atoms with Crippen molar-refractivity contribution in [1.82, 2.24) is 5.32 Å². The van der Waals surface area contributed by atoms with Gasteiger partial charge in [0.05, 0.1) is 6.61 Å². The number of unbranched alkanes of at least 4 members (excludes halogenated alkanes) is 3. The zero-order valence-electron chi connectivity index (χ0n) is 13.4. The van der Waals surface area contributed by atoms with Crippen LogP contribution in [0, 0.1) is 0 Å². The van der Waals surface area contributed by atoms with Crippen molar-refractivity contribution in [2.75, 3.05) is 13.2 Å². The van der Waals surface area contributed by atoms with Crippen LogP contribution in [0.1, 0.15) is 62.6 Å². The predicted molar refractivity (Wildman–Crippen MR) is 90.0 cm³/mol. The SMILES string of the molecule is C=CCCCCCOc1ccc2c(c1)CCCC2NCC. The lowest BCUT2D eigenvalue weighted by Gasteiger charge is -2.26. The molecule has 0 amide bonds. The molecule has 2 heteroatoms. The van der Waals surface area contributed by atoms with Gasteiger partial charge in [0.15, 0.2) is 0 Å². The maximum atomic E-state index is 5.90. The second kappa shape index (κ2) is 8.89. The number of hydrogen-bond acceptors (Lipinski definition) is 2. The molecule has 2 nitrogen and oxygen atoms in total. The van der Waals surface area contributed by atoms with Crippen molar-refractivity contribution >= 4 is 0 Å². The van der Waals surface area contributed by atoms with E-state index in [0.717, 1.165) is 31.7 Å². The number of rotatable bonds is 9. The van der Waals surface area contributed by atoms with Crippen molar-refractivity contribution in [2.45, 2.75) is 57.9 Å².